The van der Waals surface area contributed by atoms with Gasteiger partial charge in [-0.25, -0.2) is 14.6 Å². The van der Waals surface area contributed by atoms with Crippen LogP contribution in [0.4, 0.5) is 4.79 Å². The lowest BCUT2D eigenvalue weighted by Gasteiger charge is -2.32. The lowest BCUT2D eigenvalue weighted by molar-refractivity contribution is -0.189. The Morgan fingerprint density at radius 3 is 2.19 bits per heavy atom. The fraction of sp³-hybridized carbons (Fsp3) is 0.538. The molecule has 1 aromatic heterocycles. The molecule has 4 rings (SSSR count). The maximum Gasteiger partial charge on any atom is 0.407 e. The molecular weight excluding hydrogens is 682 g/mol. The predicted octanol–water partition coefficient (Wildman–Crippen LogP) is 4.23. The van der Waals surface area contributed by atoms with E-state index in [9.17, 15) is 29.7 Å². The number of aromatic nitrogens is 2. The number of carbonyl (C=O) groups is 3. The van der Waals surface area contributed by atoms with E-state index in [1.165, 1.54) is 4.90 Å². The van der Waals surface area contributed by atoms with Crippen LogP contribution in [0.2, 0.25) is 0 Å². The molecule has 0 spiro atoms. The van der Waals surface area contributed by atoms with E-state index in [2.05, 4.69) is 15.6 Å². The van der Waals surface area contributed by atoms with Gasteiger partial charge in [0.1, 0.15) is 30.3 Å². The molecule has 53 heavy (non-hydrogen) atoms. The molecule has 1 heterocycles. The lowest BCUT2D eigenvalue weighted by atomic mass is 9.98. The molecule has 0 bridgehead atoms. The summed E-state index contributed by atoms with van der Waals surface area (Å²) in [5, 5.41) is 37.2. The topological polar surface area (TPSA) is 185 Å². The van der Waals surface area contributed by atoms with Gasteiger partial charge in [-0.2, -0.15) is 0 Å². The third-order valence-electron chi connectivity index (χ3n) is 8.53. The number of nitrogens with zero attached hydrogens (tertiary/aromatic N) is 3. The minimum Gasteiger partial charge on any atom is -0.480 e. The Morgan fingerprint density at radius 2 is 1.58 bits per heavy atom. The first-order valence-electron chi connectivity index (χ1n) is 18.1. The van der Waals surface area contributed by atoms with Crippen LogP contribution >= 0.6 is 0 Å². The Labute approximate surface area is 311 Å². The third-order valence-corrected chi connectivity index (χ3v) is 8.53. The zero-order valence-electron chi connectivity index (χ0n) is 31.6. The molecule has 1 aliphatic rings. The van der Waals surface area contributed by atoms with Gasteiger partial charge < -0.3 is 44.7 Å². The van der Waals surface area contributed by atoms with E-state index < -0.39 is 47.8 Å². The highest BCUT2D eigenvalue weighted by molar-refractivity contribution is 5.81. The summed E-state index contributed by atoms with van der Waals surface area (Å²) in [6.07, 6.45) is 1.49. The lowest BCUT2D eigenvalue weighted by Crippen LogP contribution is -2.48. The summed E-state index contributed by atoms with van der Waals surface area (Å²) in [7, 11) is 0. The number of hydrogen-bond acceptors (Lipinski definition) is 11. The first-order chi connectivity index (χ1) is 25.0. The van der Waals surface area contributed by atoms with E-state index >= 15 is 0 Å². The summed E-state index contributed by atoms with van der Waals surface area (Å²) in [4.78, 5) is 43.1. The number of carbonyl (C=O) groups excluding carboxylic acids is 2. The molecule has 0 aliphatic heterocycles. The Hall–Kier alpha value is -4.34. The molecule has 3 aromatic rings. The highest BCUT2D eigenvalue weighted by Crippen LogP contribution is 2.44. The second kappa shape index (κ2) is 18.6. The number of carboxylic acid groups (broad SMARTS) is 1. The first kappa shape index (κ1) is 41.4. The van der Waals surface area contributed by atoms with Gasteiger partial charge in [0, 0.05) is 18.3 Å². The van der Waals surface area contributed by atoms with Crippen molar-refractivity contribution in [3.8, 4) is 11.1 Å². The van der Waals surface area contributed by atoms with Gasteiger partial charge in [0.2, 0.25) is 0 Å². The molecular formula is C39H55N5O9. The number of aliphatic hydroxyl groups excluding tert-OH is 2. The van der Waals surface area contributed by atoms with Gasteiger partial charge in [0.15, 0.2) is 6.29 Å². The van der Waals surface area contributed by atoms with Crippen LogP contribution < -0.4 is 10.6 Å². The quantitative estimate of drug-likeness (QED) is 0.0672. The van der Waals surface area contributed by atoms with Crippen LogP contribution in [0.3, 0.4) is 0 Å². The standard InChI is InChI=1S/C39H55N5O9/c1-38(2,3)52-34(46)23-44(24-35(47)53-39(4,5)6)33(45)22-43-20-19-41-32(43)21-40-18-12-11-17-31(36(48)49)42-37(50)51-25-30-28-15-9-7-13-26(28)27-14-8-10-16-29(27)30/h7-10,13-16,19-20,30-31,33-34,40,45-46H,11-12,17-18,21-25H2,1-6H3,(H,42,50)(H,48,49). The molecule has 290 valence electrons. The van der Waals surface area contributed by atoms with Crippen molar-refractivity contribution in [2.24, 2.45) is 0 Å². The van der Waals surface area contributed by atoms with Gasteiger partial charge in [-0.05, 0) is 89.6 Å². The number of aliphatic hydroxyl groups is 2. The molecule has 2 aromatic carbocycles. The molecule has 0 saturated carbocycles. The van der Waals surface area contributed by atoms with Gasteiger partial charge in [-0.1, -0.05) is 48.5 Å². The number of ether oxygens (including phenoxy) is 3. The Bertz CT molecular complexity index is 1620. The van der Waals surface area contributed by atoms with Gasteiger partial charge in [-0.3, -0.25) is 9.69 Å². The number of benzene rings is 2. The molecule has 0 fully saturated rings. The van der Waals surface area contributed by atoms with E-state index in [0.29, 0.717) is 31.8 Å². The number of amides is 1. The average Bonchev–Trinajstić information content (AvgIpc) is 3.64. The maximum absolute atomic E-state index is 12.7. The molecule has 3 unspecified atom stereocenters. The molecule has 0 saturated heterocycles. The van der Waals surface area contributed by atoms with Gasteiger partial charge in [-0.15, -0.1) is 0 Å². The van der Waals surface area contributed by atoms with Crippen molar-refractivity contribution < 1.29 is 43.9 Å². The summed E-state index contributed by atoms with van der Waals surface area (Å²) in [6, 6.07) is 14.9. The van der Waals surface area contributed by atoms with Crippen LogP contribution in [-0.4, -0.2) is 104 Å². The van der Waals surface area contributed by atoms with Crippen LogP contribution in [-0.2, 0) is 36.9 Å². The molecule has 5 N–H and O–H groups in total. The number of rotatable bonds is 19. The Morgan fingerprint density at radius 1 is 0.943 bits per heavy atom. The van der Waals surface area contributed by atoms with Crippen molar-refractivity contribution >= 4 is 18.0 Å². The van der Waals surface area contributed by atoms with Gasteiger partial charge in [0.25, 0.3) is 0 Å². The maximum atomic E-state index is 12.7. The number of unbranched alkanes of at least 4 members (excludes halogenated alkanes) is 1. The third kappa shape index (κ3) is 12.9. The number of nitrogens with one attached hydrogen (secondary N) is 2. The Kier molecular flexibility index (Phi) is 14.5. The molecule has 1 amide bonds. The number of imidazole rings is 1. The first-order valence-corrected chi connectivity index (χ1v) is 18.1. The molecule has 0 radical (unpaired) electrons. The Balaban J connectivity index is 1.21. The molecule has 14 nitrogen and oxygen atoms in total. The second-order valence-corrected chi connectivity index (χ2v) is 15.2. The predicted molar refractivity (Wildman–Crippen MR) is 198 cm³/mol. The van der Waals surface area contributed by atoms with E-state index in [1.54, 1.807) is 58.5 Å². The summed E-state index contributed by atoms with van der Waals surface area (Å²) < 4.78 is 18.3. The largest absolute Gasteiger partial charge is 0.480 e. The van der Waals surface area contributed by atoms with E-state index in [1.807, 2.05) is 48.5 Å². The zero-order valence-corrected chi connectivity index (χ0v) is 31.6. The van der Waals surface area contributed by atoms with Crippen LogP contribution in [0, 0.1) is 0 Å². The number of hydrogen-bond donors (Lipinski definition) is 5. The van der Waals surface area contributed by atoms with E-state index in [0.717, 1.165) is 22.3 Å². The monoisotopic (exact) mass is 737 g/mol. The average molecular weight is 738 g/mol. The summed E-state index contributed by atoms with van der Waals surface area (Å²) in [6.45, 7) is 11.3. The highest BCUT2D eigenvalue weighted by atomic mass is 16.6. The van der Waals surface area contributed by atoms with Crippen LogP contribution in [0.15, 0.2) is 60.9 Å². The van der Waals surface area contributed by atoms with Crippen LogP contribution in [0.1, 0.15) is 83.7 Å². The van der Waals surface area contributed by atoms with Crippen LogP contribution in [0.25, 0.3) is 11.1 Å². The summed E-state index contributed by atoms with van der Waals surface area (Å²) >= 11 is 0. The normalized spacial score (nSPS) is 14.7. The molecule has 14 heteroatoms. The molecule has 1 aliphatic carbocycles. The number of carboxylic acids is 1. The van der Waals surface area contributed by atoms with Crippen molar-refractivity contribution in [3.63, 3.8) is 0 Å². The van der Waals surface area contributed by atoms with E-state index in [-0.39, 0.29) is 38.6 Å². The van der Waals surface area contributed by atoms with Crippen LogP contribution in [0.5, 0.6) is 0 Å². The minimum atomic E-state index is -1.26. The van der Waals surface area contributed by atoms with E-state index in [4.69, 9.17) is 14.2 Å². The number of fused-ring (bicyclic) bond motifs is 3. The van der Waals surface area contributed by atoms with Crippen molar-refractivity contribution in [2.45, 2.75) is 110 Å². The fourth-order valence-electron chi connectivity index (χ4n) is 6.28. The summed E-state index contributed by atoms with van der Waals surface area (Å²) in [5.41, 5.74) is 3.00. The van der Waals surface area contributed by atoms with Crippen molar-refractivity contribution in [3.05, 3.63) is 77.9 Å². The van der Waals surface area contributed by atoms with Gasteiger partial charge >= 0.3 is 18.0 Å². The number of esters is 1. The summed E-state index contributed by atoms with van der Waals surface area (Å²) in [5.74, 6) is -1.18. The number of alkyl carbamates (subject to hydrolysis) is 1. The smallest absolute Gasteiger partial charge is 0.407 e. The van der Waals surface area contributed by atoms with Crippen molar-refractivity contribution in [2.75, 3.05) is 26.2 Å². The minimum absolute atomic E-state index is 0.0594. The van der Waals surface area contributed by atoms with Crippen molar-refractivity contribution in [1.82, 2.24) is 25.1 Å². The zero-order chi connectivity index (χ0) is 38.8. The fourth-order valence-corrected chi connectivity index (χ4v) is 6.28. The second-order valence-electron chi connectivity index (χ2n) is 15.2. The highest BCUT2D eigenvalue weighted by Gasteiger charge is 2.30. The van der Waals surface area contributed by atoms with Gasteiger partial charge in [0.05, 0.1) is 31.8 Å². The number of aliphatic carboxylic acids is 1. The van der Waals surface area contributed by atoms with Crippen molar-refractivity contribution in [1.29, 1.82) is 0 Å². The SMILES string of the molecule is CC(C)(C)OC(=O)CN(CC(O)OC(C)(C)C)C(O)Cn1ccnc1CNCCCCC(NC(=O)OCC1c2ccccc2-c2ccccc21)C(=O)O. The molecule has 3 atom stereocenters.